The third-order valence-corrected chi connectivity index (χ3v) is 4.12. The number of nitrogens with one attached hydrogen (secondary N) is 1. The number of rotatable bonds is 5. The molecule has 0 saturated carbocycles. The lowest BCUT2D eigenvalue weighted by Crippen LogP contribution is -2.24. The minimum atomic E-state index is -0.0731. The van der Waals surface area contributed by atoms with Crippen molar-refractivity contribution < 1.29 is 9.21 Å². The number of hydrogen-bond acceptors (Lipinski definition) is 3. The summed E-state index contributed by atoms with van der Waals surface area (Å²) in [7, 11) is 0. The van der Waals surface area contributed by atoms with Gasteiger partial charge in [-0.2, -0.15) is 0 Å². The van der Waals surface area contributed by atoms with Crippen LogP contribution in [0, 0.1) is 6.92 Å². The van der Waals surface area contributed by atoms with E-state index in [2.05, 4.69) is 26.2 Å². The second kappa shape index (κ2) is 7.45. The lowest BCUT2D eigenvalue weighted by molar-refractivity contribution is -0.120. The Labute approximate surface area is 149 Å². The maximum atomic E-state index is 12.1. The van der Waals surface area contributed by atoms with E-state index in [4.69, 9.17) is 4.42 Å². The molecule has 0 aliphatic rings. The van der Waals surface area contributed by atoms with Gasteiger partial charge in [0.15, 0.2) is 0 Å². The SMILES string of the molecule is Cc1oc(-c2cccc(Br)c2)nc1CC(=O)NCc1ccccc1. The molecule has 2 aromatic carbocycles. The van der Waals surface area contributed by atoms with E-state index in [9.17, 15) is 4.79 Å². The van der Waals surface area contributed by atoms with Crippen molar-refractivity contribution in [3.05, 3.63) is 76.1 Å². The molecule has 5 heteroatoms. The van der Waals surface area contributed by atoms with E-state index >= 15 is 0 Å². The number of benzene rings is 2. The van der Waals surface area contributed by atoms with Crippen molar-refractivity contribution >= 4 is 21.8 Å². The number of hydrogen-bond donors (Lipinski definition) is 1. The van der Waals surface area contributed by atoms with Crippen LogP contribution in [0.1, 0.15) is 17.0 Å². The molecule has 0 fully saturated rings. The predicted octanol–water partition coefficient (Wildman–Crippen LogP) is 4.27. The highest BCUT2D eigenvalue weighted by molar-refractivity contribution is 9.10. The van der Waals surface area contributed by atoms with Crippen LogP contribution in [0.3, 0.4) is 0 Å². The van der Waals surface area contributed by atoms with Crippen LogP contribution in [0.15, 0.2) is 63.5 Å². The fourth-order valence-electron chi connectivity index (χ4n) is 2.35. The smallest absolute Gasteiger partial charge is 0.226 e. The number of halogens is 1. The maximum absolute atomic E-state index is 12.1. The van der Waals surface area contributed by atoms with E-state index in [1.54, 1.807) is 0 Å². The maximum Gasteiger partial charge on any atom is 0.226 e. The van der Waals surface area contributed by atoms with Gasteiger partial charge in [-0.15, -0.1) is 0 Å². The number of carbonyl (C=O) groups excluding carboxylic acids is 1. The van der Waals surface area contributed by atoms with Crippen molar-refractivity contribution in [2.75, 3.05) is 0 Å². The zero-order chi connectivity index (χ0) is 16.9. The highest BCUT2D eigenvalue weighted by Crippen LogP contribution is 2.24. The Kier molecular flexibility index (Phi) is 5.11. The zero-order valence-electron chi connectivity index (χ0n) is 13.3. The molecule has 1 aromatic heterocycles. The van der Waals surface area contributed by atoms with E-state index in [0.717, 1.165) is 15.6 Å². The van der Waals surface area contributed by atoms with Crippen LogP contribution in [-0.4, -0.2) is 10.9 Å². The number of oxazole rings is 1. The number of carbonyl (C=O) groups is 1. The molecule has 3 aromatic rings. The van der Waals surface area contributed by atoms with E-state index in [-0.39, 0.29) is 12.3 Å². The van der Waals surface area contributed by atoms with Gasteiger partial charge in [-0.25, -0.2) is 4.98 Å². The molecule has 3 rings (SSSR count). The summed E-state index contributed by atoms with van der Waals surface area (Å²) in [5, 5.41) is 2.90. The van der Waals surface area contributed by atoms with Crippen molar-refractivity contribution in [1.29, 1.82) is 0 Å². The summed E-state index contributed by atoms with van der Waals surface area (Å²) in [6.07, 6.45) is 0.205. The Morgan fingerprint density at radius 2 is 1.96 bits per heavy atom. The van der Waals surface area contributed by atoms with Gasteiger partial charge in [-0.05, 0) is 30.7 Å². The molecule has 1 heterocycles. The molecule has 0 spiro atoms. The molecule has 0 bridgehead atoms. The van der Waals surface area contributed by atoms with Crippen LogP contribution in [0.2, 0.25) is 0 Å². The Morgan fingerprint density at radius 3 is 2.71 bits per heavy atom. The van der Waals surface area contributed by atoms with Crippen LogP contribution in [0.5, 0.6) is 0 Å². The second-order valence-corrected chi connectivity index (χ2v) is 6.39. The summed E-state index contributed by atoms with van der Waals surface area (Å²) in [5.41, 5.74) is 2.61. The van der Waals surface area contributed by atoms with Crippen LogP contribution in [0.4, 0.5) is 0 Å². The minimum Gasteiger partial charge on any atom is -0.441 e. The molecular weight excluding hydrogens is 368 g/mol. The lowest BCUT2D eigenvalue weighted by atomic mass is 10.2. The van der Waals surface area contributed by atoms with Crippen LogP contribution in [0.25, 0.3) is 11.5 Å². The van der Waals surface area contributed by atoms with Gasteiger partial charge in [-0.1, -0.05) is 52.3 Å². The Bertz CT molecular complexity index is 844. The number of nitrogens with zero attached hydrogens (tertiary/aromatic N) is 1. The van der Waals surface area contributed by atoms with E-state index in [1.807, 2.05) is 61.5 Å². The molecule has 122 valence electrons. The van der Waals surface area contributed by atoms with Crippen LogP contribution >= 0.6 is 15.9 Å². The standard InChI is InChI=1S/C19H17BrN2O2/c1-13-17(11-18(23)21-12-14-6-3-2-4-7-14)22-19(24-13)15-8-5-9-16(20)10-15/h2-10H,11-12H2,1H3,(H,21,23). The number of aromatic nitrogens is 1. The first-order valence-corrected chi connectivity index (χ1v) is 8.44. The minimum absolute atomic E-state index is 0.0731. The summed E-state index contributed by atoms with van der Waals surface area (Å²) in [4.78, 5) is 16.6. The highest BCUT2D eigenvalue weighted by Gasteiger charge is 2.14. The average molecular weight is 385 g/mol. The van der Waals surface area contributed by atoms with Gasteiger partial charge in [-0.3, -0.25) is 4.79 Å². The van der Waals surface area contributed by atoms with E-state index in [0.29, 0.717) is 23.9 Å². The van der Waals surface area contributed by atoms with Crippen molar-refractivity contribution in [3.8, 4) is 11.5 Å². The number of amides is 1. The number of aryl methyl sites for hydroxylation is 1. The molecule has 1 N–H and O–H groups in total. The normalized spacial score (nSPS) is 10.6. The summed E-state index contributed by atoms with van der Waals surface area (Å²) in [6, 6.07) is 17.5. The van der Waals surface area contributed by atoms with E-state index < -0.39 is 0 Å². The van der Waals surface area contributed by atoms with Crippen LogP contribution < -0.4 is 5.32 Å². The first kappa shape index (κ1) is 16.5. The molecule has 4 nitrogen and oxygen atoms in total. The van der Waals surface area contributed by atoms with Gasteiger partial charge in [0.05, 0.1) is 12.1 Å². The predicted molar refractivity (Wildman–Crippen MR) is 96.4 cm³/mol. The Morgan fingerprint density at radius 1 is 1.17 bits per heavy atom. The zero-order valence-corrected chi connectivity index (χ0v) is 14.8. The highest BCUT2D eigenvalue weighted by atomic mass is 79.9. The molecule has 0 atom stereocenters. The second-order valence-electron chi connectivity index (χ2n) is 5.47. The average Bonchev–Trinajstić information content (AvgIpc) is 2.95. The fraction of sp³-hybridized carbons (Fsp3) is 0.158. The van der Waals surface area contributed by atoms with E-state index in [1.165, 1.54) is 0 Å². The van der Waals surface area contributed by atoms with Crippen molar-refractivity contribution in [3.63, 3.8) is 0 Å². The fourth-order valence-corrected chi connectivity index (χ4v) is 2.75. The molecular formula is C19H17BrN2O2. The van der Waals surface area contributed by atoms with Crippen LogP contribution in [-0.2, 0) is 17.8 Å². The van der Waals surface area contributed by atoms with Crippen molar-refractivity contribution in [2.24, 2.45) is 0 Å². The molecule has 0 unspecified atom stereocenters. The molecule has 0 radical (unpaired) electrons. The first-order valence-electron chi connectivity index (χ1n) is 7.64. The van der Waals surface area contributed by atoms with Crippen molar-refractivity contribution in [1.82, 2.24) is 10.3 Å². The summed E-state index contributed by atoms with van der Waals surface area (Å²) in [6.45, 7) is 2.34. The molecule has 0 aliphatic heterocycles. The molecule has 0 aliphatic carbocycles. The monoisotopic (exact) mass is 384 g/mol. The topological polar surface area (TPSA) is 55.1 Å². The van der Waals surface area contributed by atoms with Gasteiger partial charge >= 0.3 is 0 Å². The largest absolute Gasteiger partial charge is 0.441 e. The Balaban J connectivity index is 1.66. The first-order chi connectivity index (χ1) is 11.6. The van der Waals surface area contributed by atoms with Gasteiger partial charge in [0.25, 0.3) is 0 Å². The van der Waals surface area contributed by atoms with Gasteiger partial charge in [0, 0.05) is 16.6 Å². The summed E-state index contributed by atoms with van der Waals surface area (Å²) >= 11 is 3.43. The van der Waals surface area contributed by atoms with Gasteiger partial charge in [0.2, 0.25) is 11.8 Å². The molecule has 24 heavy (non-hydrogen) atoms. The summed E-state index contributed by atoms with van der Waals surface area (Å²) < 4.78 is 6.66. The summed E-state index contributed by atoms with van der Waals surface area (Å²) in [5.74, 6) is 1.12. The lowest BCUT2D eigenvalue weighted by Gasteiger charge is -2.04. The molecule has 0 saturated heterocycles. The van der Waals surface area contributed by atoms with Gasteiger partial charge < -0.3 is 9.73 Å². The molecule has 1 amide bonds. The third-order valence-electron chi connectivity index (χ3n) is 3.62. The Hall–Kier alpha value is -2.40. The quantitative estimate of drug-likeness (QED) is 0.714. The third kappa shape index (κ3) is 4.11. The van der Waals surface area contributed by atoms with Gasteiger partial charge in [0.1, 0.15) is 5.76 Å². The van der Waals surface area contributed by atoms with Crippen molar-refractivity contribution in [2.45, 2.75) is 19.9 Å².